The van der Waals surface area contributed by atoms with Crippen molar-refractivity contribution in [1.29, 1.82) is 0 Å². The molecule has 0 saturated carbocycles. The van der Waals surface area contributed by atoms with Crippen molar-refractivity contribution in [3.63, 3.8) is 0 Å². The Morgan fingerprint density at radius 3 is 2.60 bits per heavy atom. The first-order valence-corrected chi connectivity index (χ1v) is 5.34. The van der Waals surface area contributed by atoms with E-state index in [4.69, 9.17) is 0 Å². The van der Waals surface area contributed by atoms with Gasteiger partial charge in [-0.25, -0.2) is 9.13 Å². The van der Waals surface area contributed by atoms with E-state index in [2.05, 4.69) is 53.6 Å². The van der Waals surface area contributed by atoms with Crippen LogP contribution in [0.2, 0.25) is 0 Å². The van der Waals surface area contributed by atoms with Crippen molar-refractivity contribution in [2.45, 2.75) is 33.4 Å². The first-order chi connectivity index (χ1) is 6.86. The van der Waals surface area contributed by atoms with Crippen molar-refractivity contribution in [3.05, 3.63) is 30.6 Å². The number of nitrogens with zero attached hydrogens (tertiary/aromatic N) is 2. The molecule has 2 rings (SSSR count). The van der Waals surface area contributed by atoms with Gasteiger partial charge in [0, 0.05) is 0 Å². The average Bonchev–Trinajstić information content (AvgIpc) is 2.58. The summed E-state index contributed by atoms with van der Waals surface area (Å²) < 4.78 is 4.63. The monoisotopic (exact) mass is 268 g/mol. The molecular formula is C12H17BrN2. The summed E-state index contributed by atoms with van der Waals surface area (Å²) in [5.74, 6) is 0. The van der Waals surface area contributed by atoms with Gasteiger partial charge in [0.15, 0.2) is 11.0 Å². The quantitative estimate of drug-likeness (QED) is 0.656. The Morgan fingerprint density at radius 1 is 1.20 bits per heavy atom. The molecule has 1 heterocycles. The van der Waals surface area contributed by atoms with Crippen molar-refractivity contribution >= 4 is 11.0 Å². The number of aryl methyl sites for hydroxylation is 2. The van der Waals surface area contributed by atoms with Crippen LogP contribution in [0.25, 0.3) is 11.0 Å². The molecule has 0 aliphatic heterocycles. The van der Waals surface area contributed by atoms with Gasteiger partial charge < -0.3 is 17.0 Å². The highest BCUT2D eigenvalue weighted by Gasteiger charge is 2.11. The van der Waals surface area contributed by atoms with Crippen LogP contribution in [-0.2, 0) is 13.1 Å². The molecule has 0 unspecified atom stereocenters. The van der Waals surface area contributed by atoms with Crippen LogP contribution in [0, 0.1) is 0 Å². The fraction of sp³-hybridized carbons (Fsp3) is 0.417. The van der Waals surface area contributed by atoms with Gasteiger partial charge in [-0.15, -0.1) is 0 Å². The summed E-state index contributed by atoms with van der Waals surface area (Å²) in [7, 11) is 0. The Labute approximate surface area is 101 Å². The lowest BCUT2D eigenvalue weighted by Crippen LogP contribution is -3.00. The van der Waals surface area contributed by atoms with Gasteiger partial charge in [0.2, 0.25) is 6.33 Å². The second-order valence-corrected chi connectivity index (χ2v) is 3.58. The van der Waals surface area contributed by atoms with Gasteiger partial charge in [0.25, 0.3) is 0 Å². The summed E-state index contributed by atoms with van der Waals surface area (Å²) in [5.41, 5.74) is 2.68. The standard InChI is InChI=1S/C12H17N2.BrH/c1-3-9-14-10-13(4-2)11-7-5-6-8-12(11)14;/h5-8,10H,3-4,9H2,1-2H3;1H/q+1;/p-1. The van der Waals surface area contributed by atoms with Crippen LogP contribution in [-0.4, -0.2) is 4.57 Å². The van der Waals surface area contributed by atoms with Crippen LogP contribution in [0.5, 0.6) is 0 Å². The van der Waals surface area contributed by atoms with Crippen LogP contribution in [0.15, 0.2) is 30.6 Å². The molecule has 0 N–H and O–H groups in total. The third-order valence-corrected chi connectivity index (χ3v) is 2.58. The van der Waals surface area contributed by atoms with Crippen LogP contribution >= 0.6 is 0 Å². The van der Waals surface area contributed by atoms with E-state index in [9.17, 15) is 0 Å². The van der Waals surface area contributed by atoms with E-state index in [0.717, 1.165) is 13.1 Å². The maximum Gasteiger partial charge on any atom is 0.244 e. The molecule has 3 heteroatoms. The van der Waals surface area contributed by atoms with Crippen LogP contribution in [0.3, 0.4) is 0 Å². The van der Waals surface area contributed by atoms with E-state index in [0.29, 0.717) is 0 Å². The molecule has 0 radical (unpaired) electrons. The van der Waals surface area contributed by atoms with Crippen molar-refractivity contribution in [3.8, 4) is 0 Å². The first-order valence-electron chi connectivity index (χ1n) is 5.34. The summed E-state index contributed by atoms with van der Waals surface area (Å²) in [6.45, 7) is 6.54. The minimum Gasteiger partial charge on any atom is -1.00 e. The Bertz CT molecular complexity index is 434. The molecule has 0 spiro atoms. The van der Waals surface area contributed by atoms with Crippen molar-refractivity contribution < 1.29 is 21.5 Å². The molecule has 0 atom stereocenters. The van der Waals surface area contributed by atoms with Crippen LogP contribution < -0.4 is 21.5 Å². The number of imidazole rings is 1. The summed E-state index contributed by atoms with van der Waals surface area (Å²) in [4.78, 5) is 0. The SMILES string of the molecule is CCCn1c[n+](CC)c2ccccc21.[Br-]. The molecule has 0 saturated heterocycles. The zero-order valence-corrected chi connectivity index (χ0v) is 10.9. The number of rotatable bonds is 3. The summed E-state index contributed by atoms with van der Waals surface area (Å²) >= 11 is 0. The Balaban J connectivity index is 0.00000112. The van der Waals surface area contributed by atoms with Gasteiger partial charge >= 0.3 is 0 Å². The second-order valence-electron chi connectivity index (χ2n) is 3.58. The van der Waals surface area contributed by atoms with E-state index in [1.807, 2.05) is 0 Å². The molecular weight excluding hydrogens is 252 g/mol. The van der Waals surface area contributed by atoms with Crippen molar-refractivity contribution in [1.82, 2.24) is 4.57 Å². The fourth-order valence-corrected chi connectivity index (χ4v) is 1.91. The van der Waals surface area contributed by atoms with E-state index < -0.39 is 0 Å². The minimum absolute atomic E-state index is 0. The summed E-state index contributed by atoms with van der Waals surface area (Å²) in [5, 5.41) is 0. The van der Waals surface area contributed by atoms with Crippen LogP contribution in [0.4, 0.5) is 0 Å². The van der Waals surface area contributed by atoms with Crippen molar-refractivity contribution in [2.75, 3.05) is 0 Å². The minimum atomic E-state index is 0. The molecule has 0 aliphatic carbocycles. The smallest absolute Gasteiger partial charge is 0.244 e. The van der Waals surface area contributed by atoms with E-state index >= 15 is 0 Å². The Morgan fingerprint density at radius 2 is 1.93 bits per heavy atom. The van der Waals surface area contributed by atoms with Crippen molar-refractivity contribution in [2.24, 2.45) is 0 Å². The first kappa shape index (κ1) is 12.2. The second kappa shape index (κ2) is 5.31. The Hall–Kier alpha value is -0.830. The lowest BCUT2D eigenvalue weighted by molar-refractivity contribution is -0.668. The third-order valence-electron chi connectivity index (χ3n) is 2.58. The summed E-state index contributed by atoms with van der Waals surface area (Å²) in [6, 6.07) is 8.58. The number of halogens is 1. The molecule has 2 aromatic rings. The predicted octanol–water partition coefficient (Wildman–Crippen LogP) is -0.637. The van der Waals surface area contributed by atoms with Gasteiger partial charge in [-0.05, 0) is 25.5 Å². The number of hydrogen-bond donors (Lipinski definition) is 0. The highest BCUT2D eigenvalue weighted by molar-refractivity contribution is 5.71. The van der Waals surface area contributed by atoms with Gasteiger partial charge in [-0.3, -0.25) is 0 Å². The highest BCUT2D eigenvalue weighted by atomic mass is 79.9. The Kier molecular flexibility index (Phi) is 4.33. The zero-order valence-electron chi connectivity index (χ0n) is 9.28. The molecule has 82 valence electrons. The number of benzene rings is 1. The molecule has 2 nitrogen and oxygen atoms in total. The number of aromatic nitrogens is 2. The van der Waals surface area contributed by atoms with Gasteiger partial charge in [0.05, 0.1) is 13.1 Å². The lowest BCUT2D eigenvalue weighted by atomic mass is 10.3. The molecule has 0 bridgehead atoms. The molecule has 0 fully saturated rings. The molecule has 1 aromatic carbocycles. The predicted molar refractivity (Wildman–Crippen MR) is 58.1 cm³/mol. The van der Waals surface area contributed by atoms with E-state index in [1.54, 1.807) is 0 Å². The van der Waals surface area contributed by atoms with Gasteiger partial charge in [0.1, 0.15) is 0 Å². The zero-order chi connectivity index (χ0) is 9.97. The van der Waals surface area contributed by atoms with E-state index in [1.165, 1.54) is 17.5 Å². The molecule has 15 heavy (non-hydrogen) atoms. The molecule has 0 aliphatic rings. The normalized spacial score (nSPS) is 10.3. The van der Waals surface area contributed by atoms with Crippen LogP contribution in [0.1, 0.15) is 20.3 Å². The molecule has 0 amide bonds. The number of fused-ring (bicyclic) bond motifs is 1. The van der Waals surface area contributed by atoms with Gasteiger partial charge in [-0.2, -0.15) is 0 Å². The van der Waals surface area contributed by atoms with Gasteiger partial charge in [-0.1, -0.05) is 19.1 Å². The topological polar surface area (TPSA) is 8.81 Å². The fourth-order valence-electron chi connectivity index (χ4n) is 1.91. The highest BCUT2D eigenvalue weighted by Crippen LogP contribution is 2.10. The maximum atomic E-state index is 2.33. The largest absolute Gasteiger partial charge is 1.00 e. The maximum absolute atomic E-state index is 2.33. The molecule has 1 aromatic heterocycles. The lowest BCUT2D eigenvalue weighted by Gasteiger charge is -1.91. The summed E-state index contributed by atoms with van der Waals surface area (Å²) in [6.07, 6.45) is 3.40. The average molecular weight is 269 g/mol. The number of hydrogen-bond acceptors (Lipinski definition) is 0. The van der Waals surface area contributed by atoms with E-state index in [-0.39, 0.29) is 17.0 Å². The number of para-hydroxylation sites is 2. The third kappa shape index (κ3) is 2.23.